The van der Waals surface area contributed by atoms with E-state index in [4.69, 9.17) is 4.74 Å². The second-order valence-electron chi connectivity index (χ2n) is 5.69. The molecule has 0 radical (unpaired) electrons. The van der Waals surface area contributed by atoms with Crippen LogP contribution in [0.4, 0.5) is 5.69 Å². The summed E-state index contributed by atoms with van der Waals surface area (Å²) in [4.78, 5) is 22.5. The van der Waals surface area contributed by atoms with Crippen molar-refractivity contribution in [1.82, 2.24) is 5.32 Å². The third-order valence-electron chi connectivity index (χ3n) is 4.20. The van der Waals surface area contributed by atoms with Gasteiger partial charge in [-0.3, -0.25) is 14.9 Å². The highest BCUT2D eigenvalue weighted by Gasteiger charge is 2.18. The second-order valence-corrected chi connectivity index (χ2v) is 5.69. The Balaban J connectivity index is 1.95. The zero-order valence-corrected chi connectivity index (χ0v) is 12.8. The van der Waals surface area contributed by atoms with Gasteiger partial charge in [0.2, 0.25) is 0 Å². The third-order valence-corrected chi connectivity index (χ3v) is 4.20. The molecular formula is C16H22N2O4. The number of non-ortho nitro benzene ring substituents is 1. The molecule has 6 heteroatoms. The van der Waals surface area contributed by atoms with E-state index in [1.807, 2.05) is 0 Å². The number of benzene rings is 1. The average molecular weight is 306 g/mol. The van der Waals surface area contributed by atoms with Gasteiger partial charge < -0.3 is 10.1 Å². The lowest BCUT2D eigenvalue weighted by Crippen LogP contribution is -2.27. The predicted molar refractivity (Wildman–Crippen MR) is 83.2 cm³/mol. The van der Waals surface area contributed by atoms with Crippen molar-refractivity contribution >= 4 is 11.6 Å². The number of nitro benzene ring substituents is 1. The van der Waals surface area contributed by atoms with Gasteiger partial charge in [-0.25, -0.2) is 0 Å². The van der Waals surface area contributed by atoms with Crippen molar-refractivity contribution in [3.63, 3.8) is 0 Å². The van der Waals surface area contributed by atoms with Crippen LogP contribution in [0.5, 0.6) is 5.75 Å². The summed E-state index contributed by atoms with van der Waals surface area (Å²) in [5, 5.41) is 13.7. The molecule has 1 saturated carbocycles. The van der Waals surface area contributed by atoms with E-state index in [0.717, 1.165) is 6.42 Å². The van der Waals surface area contributed by atoms with Crippen LogP contribution in [0.3, 0.4) is 0 Å². The Morgan fingerprint density at radius 1 is 1.36 bits per heavy atom. The zero-order valence-electron chi connectivity index (χ0n) is 12.8. The molecule has 120 valence electrons. The fourth-order valence-electron chi connectivity index (χ4n) is 2.95. The highest BCUT2D eigenvalue weighted by atomic mass is 16.6. The van der Waals surface area contributed by atoms with Crippen molar-refractivity contribution in [1.29, 1.82) is 0 Å². The van der Waals surface area contributed by atoms with Gasteiger partial charge in [0.25, 0.3) is 11.6 Å². The average Bonchev–Trinajstić information content (AvgIpc) is 2.55. The van der Waals surface area contributed by atoms with Gasteiger partial charge in [0, 0.05) is 18.7 Å². The minimum absolute atomic E-state index is 0.113. The lowest BCUT2D eigenvalue weighted by Gasteiger charge is -2.21. The molecule has 1 N–H and O–H groups in total. The number of carbonyl (C=O) groups is 1. The minimum atomic E-state index is -0.516. The summed E-state index contributed by atoms with van der Waals surface area (Å²) in [6, 6.07) is 4.04. The van der Waals surface area contributed by atoms with E-state index in [-0.39, 0.29) is 17.2 Å². The maximum absolute atomic E-state index is 12.2. The predicted octanol–water partition coefficient (Wildman–Crippen LogP) is 3.30. The van der Waals surface area contributed by atoms with E-state index in [9.17, 15) is 14.9 Å². The molecule has 6 nitrogen and oxygen atoms in total. The van der Waals surface area contributed by atoms with Crippen molar-refractivity contribution in [2.24, 2.45) is 5.92 Å². The van der Waals surface area contributed by atoms with Crippen LogP contribution in [-0.2, 0) is 0 Å². The molecule has 1 aromatic carbocycles. The first-order valence-electron chi connectivity index (χ1n) is 7.72. The summed E-state index contributed by atoms with van der Waals surface area (Å²) in [5.41, 5.74) is 0.0959. The van der Waals surface area contributed by atoms with Gasteiger partial charge in [-0.05, 0) is 18.4 Å². The molecule has 1 aliphatic carbocycles. The molecule has 1 aliphatic rings. The molecule has 0 unspecified atom stereocenters. The monoisotopic (exact) mass is 306 g/mol. The van der Waals surface area contributed by atoms with E-state index in [1.54, 1.807) is 0 Å². The molecule has 0 atom stereocenters. The van der Waals surface area contributed by atoms with E-state index in [0.29, 0.717) is 18.2 Å². The summed E-state index contributed by atoms with van der Waals surface area (Å²) < 4.78 is 5.11. The van der Waals surface area contributed by atoms with Crippen LogP contribution >= 0.6 is 0 Å². The molecule has 0 saturated heterocycles. The molecule has 1 fully saturated rings. The number of rotatable bonds is 6. The Bertz CT molecular complexity index is 539. The Kier molecular flexibility index (Phi) is 5.75. The first-order chi connectivity index (χ1) is 10.6. The molecule has 2 rings (SSSR count). The summed E-state index contributed by atoms with van der Waals surface area (Å²) in [6.07, 6.45) is 7.29. The smallest absolute Gasteiger partial charge is 0.270 e. The van der Waals surface area contributed by atoms with E-state index < -0.39 is 4.92 Å². The summed E-state index contributed by atoms with van der Waals surface area (Å²) in [7, 11) is 1.44. The molecule has 22 heavy (non-hydrogen) atoms. The van der Waals surface area contributed by atoms with E-state index >= 15 is 0 Å². The third kappa shape index (κ3) is 4.19. The standard InChI is InChI=1S/C16H22N2O4/c1-22-15-8-7-13(18(20)21)11-14(15)16(19)17-10-9-12-5-3-2-4-6-12/h7-8,11-12H,2-6,9-10H2,1H3,(H,17,19). The number of hydrogen-bond acceptors (Lipinski definition) is 4. The van der Waals surface area contributed by atoms with Crippen LogP contribution in [0.15, 0.2) is 18.2 Å². The van der Waals surface area contributed by atoms with Gasteiger partial charge in [0.15, 0.2) is 0 Å². The van der Waals surface area contributed by atoms with Crippen LogP contribution in [0, 0.1) is 16.0 Å². The van der Waals surface area contributed by atoms with Crippen LogP contribution in [0.2, 0.25) is 0 Å². The first kappa shape index (κ1) is 16.3. The molecule has 0 heterocycles. The number of amides is 1. The summed E-state index contributed by atoms with van der Waals surface area (Å²) in [5.74, 6) is 0.707. The van der Waals surface area contributed by atoms with Crippen molar-refractivity contribution in [3.8, 4) is 5.75 Å². The van der Waals surface area contributed by atoms with Gasteiger partial charge in [0.05, 0.1) is 17.6 Å². The van der Waals surface area contributed by atoms with Crippen LogP contribution in [0.1, 0.15) is 48.9 Å². The lowest BCUT2D eigenvalue weighted by molar-refractivity contribution is -0.384. The molecule has 1 aromatic rings. The maximum Gasteiger partial charge on any atom is 0.270 e. The van der Waals surface area contributed by atoms with Gasteiger partial charge in [-0.1, -0.05) is 32.1 Å². The molecule has 0 bridgehead atoms. The quantitative estimate of drug-likeness (QED) is 0.646. The topological polar surface area (TPSA) is 81.5 Å². The Morgan fingerprint density at radius 2 is 2.09 bits per heavy atom. The highest BCUT2D eigenvalue weighted by molar-refractivity contribution is 5.97. The SMILES string of the molecule is COc1ccc([N+](=O)[O-])cc1C(=O)NCCC1CCCCC1. The fraction of sp³-hybridized carbons (Fsp3) is 0.562. The van der Waals surface area contributed by atoms with Crippen molar-refractivity contribution in [3.05, 3.63) is 33.9 Å². The lowest BCUT2D eigenvalue weighted by atomic mass is 9.87. The van der Waals surface area contributed by atoms with Gasteiger partial charge >= 0.3 is 0 Å². The zero-order chi connectivity index (χ0) is 15.9. The van der Waals surface area contributed by atoms with Crippen molar-refractivity contribution < 1.29 is 14.5 Å². The van der Waals surface area contributed by atoms with E-state index in [1.165, 1.54) is 57.4 Å². The number of hydrogen-bond donors (Lipinski definition) is 1. The van der Waals surface area contributed by atoms with Crippen LogP contribution < -0.4 is 10.1 Å². The molecule has 0 aromatic heterocycles. The Labute approximate surface area is 130 Å². The van der Waals surface area contributed by atoms with Crippen molar-refractivity contribution in [2.75, 3.05) is 13.7 Å². The highest BCUT2D eigenvalue weighted by Crippen LogP contribution is 2.26. The molecule has 0 spiro atoms. The number of nitro groups is 1. The van der Waals surface area contributed by atoms with Gasteiger partial charge in [-0.15, -0.1) is 0 Å². The van der Waals surface area contributed by atoms with Crippen LogP contribution in [0.25, 0.3) is 0 Å². The van der Waals surface area contributed by atoms with Crippen LogP contribution in [-0.4, -0.2) is 24.5 Å². The second kappa shape index (κ2) is 7.77. The largest absolute Gasteiger partial charge is 0.496 e. The molecule has 0 aliphatic heterocycles. The fourth-order valence-corrected chi connectivity index (χ4v) is 2.95. The first-order valence-corrected chi connectivity index (χ1v) is 7.72. The van der Waals surface area contributed by atoms with Crippen molar-refractivity contribution in [2.45, 2.75) is 38.5 Å². The number of nitrogens with one attached hydrogen (secondary N) is 1. The molecular weight excluding hydrogens is 284 g/mol. The number of ether oxygens (including phenoxy) is 1. The normalized spacial score (nSPS) is 15.3. The number of nitrogens with zero attached hydrogens (tertiary/aromatic N) is 1. The molecule has 1 amide bonds. The van der Waals surface area contributed by atoms with Gasteiger partial charge in [-0.2, -0.15) is 0 Å². The minimum Gasteiger partial charge on any atom is -0.496 e. The number of carbonyl (C=O) groups excluding carboxylic acids is 1. The maximum atomic E-state index is 12.2. The van der Waals surface area contributed by atoms with Gasteiger partial charge in [0.1, 0.15) is 5.75 Å². The number of methoxy groups -OCH3 is 1. The summed E-state index contributed by atoms with van der Waals surface area (Å²) in [6.45, 7) is 0.593. The summed E-state index contributed by atoms with van der Waals surface area (Å²) >= 11 is 0. The Hall–Kier alpha value is -2.11. The Morgan fingerprint density at radius 3 is 2.73 bits per heavy atom. The van der Waals surface area contributed by atoms with E-state index in [2.05, 4.69) is 5.32 Å².